The molecule has 102 valence electrons. The first kappa shape index (κ1) is 14.3. The smallest absolute Gasteiger partial charge is 0.288 e. The Balaban J connectivity index is 2.26. The fraction of sp³-hybridized carbons (Fsp3) is 0. The van der Waals surface area contributed by atoms with E-state index in [1.54, 1.807) is 24.3 Å². The van der Waals surface area contributed by atoms with Gasteiger partial charge in [-0.2, -0.15) is 0 Å². The van der Waals surface area contributed by atoms with Crippen molar-refractivity contribution < 1.29 is 9.72 Å². The predicted molar refractivity (Wildman–Crippen MR) is 77.5 cm³/mol. The molecule has 0 fully saturated rings. The maximum Gasteiger partial charge on any atom is 0.288 e. The highest BCUT2D eigenvalue weighted by atomic mass is 35.5. The van der Waals surface area contributed by atoms with E-state index in [0.717, 1.165) is 6.07 Å². The molecule has 0 spiro atoms. The van der Waals surface area contributed by atoms with Gasteiger partial charge in [-0.1, -0.05) is 29.3 Å². The van der Waals surface area contributed by atoms with Crippen LogP contribution in [-0.4, -0.2) is 10.8 Å². The minimum atomic E-state index is -0.640. The van der Waals surface area contributed by atoms with Crippen LogP contribution in [0.3, 0.4) is 0 Å². The molecule has 0 atom stereocenters. The fourth-order valence-electron chi connectivity index (χ4n) is 1.56. The van der Waals surface area contributed by atoms with Crippen LogP contribution in [0.2, 0.25) is 10.0 Å². The second-order valence-electron chi connectivity index (χ2n) is 3.89. The molecule has 1 amide bonds. The number of halogens is 2. The van der Waals surface area contributed by atoms with Crippen molar-refractivity contribution in [3.8, 4) is 0 Å². The maximum atomic E-state index is 12.0. The van der Waals surface area contributed by atoms with Gasteiger partial charge in [0.05, 0.1) is 4.92 Å². The van der Waals surface area contributed by atoms with Crippen LogP contribution in [0.15, 0.2) is 42.5 Å². The second kappa shape index (κ2) is 5.90. The number of benzene rings is 2. The Morgan fingerprint density at radius 2 is 1.90 bits per heavy atom. The molecule has 2 rings (SSSR count). The number of anilines is 1. The molecule has 2 aromatic carbocycles. The summed E-state index contributed by atoms with van der Waals surface area (Å²) >= 11 is 11.5. The van der Waals surface area contributed by atoms with Crippen molar-refractivity contribution >= 4 is 40.5 Å². The molecule has 0 heterocycles. The first-order valence-corrected chi connectivity index (χ1v) is 6.24. The van der Waals surface area contributed by atoms with Crippen molar-refractivity contribution in [1.82, 2.24) is 0 Å². The van der Waals surface area contributed by atoms with Crippen molar-refractivity contribution in [3.63, 3.8) is 0 Å². The summed E-state index contributed by atoms with van der Waals surface area (Å²) in [7, 11) is 0. The van der Waals surface area contributed by atoms with Crippen molar-refractivity contribution in [3.05, 3.63) is 68.2 Å². The van der Waals surface area contributed by atoms with E-state index in [-0.39, 0.29) is 16.3 Å². The van der Waals surface area contributed by atoms with Crippen molar-refractivity contribution in [2.24, 2.45) is 0 Å². The molecule has 0 aliphatic rings. The zero-order valence-corrected chi connectivity index (χ0v) is 11.5. The summed E-state index contributed by atoms with van der Waals surface area (Å²) in [6.45, 7) is 0. The highest BCUT2D eigenvalue weighted by Crippen LogP contribution is 2.25. The third kappa shape index (κ3) is 3.26. The molecule has 2 aromatic rings. The SMILES string of the molecule is O=C(Nc1cccc(Cl)c1)c1ccc(Cl)c([N+](=O)[O-])c1. The number of rotatable bonds is 3. The fourth-order valence-corrected chi connectivity index (χ4v) is 1.94. The number of carbonyl (C=O) groups excluding carboxylic acids is 1. The molecular formula is C13H8Cl2N2O3. The third-order valence-corrected chi connectivity index (χ3v) is 3.04. The largest absolute Gasteiger partial charge is 0.322 e. The molecular weight excluding hydrogens is 303 g/mol. The number of nitrogens with zero attached hydrogens (tertiary/aromatic N) is 1. The van der Waals surface area contributed by atoms with Crippen LogP contribution in [-0.2, 0) is 0 Å². The number of nitro benzene ring substituents is 1. The Morgan fingerprint density at radius 3 is 2.55 bits per heavy atom. The van der Waals surface area contributed by atoms with Gasteiger partial charge in [-0.25, -0.2) is 0 Å². The zero-order valence-electron chi connectivity index (χ0n) is 9.97. The van der Waals surface area contributed by atoms with Crippen LogP contribution in [0.5, 0.6) is 0 Å². The van der Waals surface area contributed by atoms with Gasteiger partial charge in [-0.15, -0.1) is 0 Å². The zero-order chi connectivity index (χ0) is 14.7. The molecule has 0 bridgehead atoms. The highest BCUT2D eigenvalue weighted by Gasteiger charge is 2.16. The van der Waals surface area contributed by atoms with Gasteiger partial charge < -0.3 is 5.32 Å². The van der Waals surface area contributed by atoms with Gasteiger partial charge in [0.25, 0.3) is 11.6 Å². The molecule has 1 N–H and O–H groups in total. The molecule has 0 saturated heterocycles. The first-order chi connectivity index (χ1) is 9.47. The summed E-state index contributed by atoms with van der Waals surface area (Å²) in [6, 6.07) is 10.4. The van der Waals surface area contributed by atoms with Gasteiger partial charge in [-0.05, 0) is 30.3 Å². The van der Waals surface area contributed by atoms with Gasteiger partial charge in [0.1, 0.15) is 5.02 Å². The lowest BCUT2D eigenvalue weighted by atomic mass is 10.2. The number of hydrogen-bond donors (Lipinski definition) is 1. The average molecular weight is 311 g/mol. The highest BCUT2D eigenvalue weighted by molar-refractivity contribution is 6.33. The van der Waals surface area contributed by atoms with Crippen LogP contribution in [0, 0.1) is 10.1 Å². The summed E-state index contributed by atoms with van der Waals surface area (Å²) in [5, 5.41) is 13.8. The lowest BCUT2D eigenvalue weighted by molar-refractivity contribution is -0.384. The minimum absolute atomic E-state index is 0.0192. The third-order valence-electron chi connectivity index (χ3n) is 2.49. The van der Waals surface area contributed by atoms with E-state index < -0.39 is 10.8 Å². The summed E-state index contributed by atoms with van der Waals surface area (Å²) in [5.41, 5.74) is 0.326. The quantitative estimate of drug-likeness (QED) is 0.683. The summed E-state index contributed by atoms with van der Waals surface area (Å²) < 4.78 is 0. The van der Waals surface area contributed by atoms with Crippen LogP contribution in [0.1, 0.15) is 10.4 Å². The van der Waals surface area contributed by atoms with E-state index in [0.29, 0.717) is 10.7 Å². The van der Waals surface area contributed by atoms with Crippen LogP contribution in [0.25, 0.3) is 0 Å². The number of carbonyl (C=O) groups is 1. The normalized spacial score (nSPS) is 10.1. The Hall–Kier alpha value is -2.11. The molecule has 0 aromatic heterocycles. The second-order valence-corrected chi connectivity index (χ2v) is 4.73. The first-order valence-electron chi connectivity index (χ1n) is 5.48. The Morgan fingerprint density at radius 1 is 1.15 bits per heavy atom. The van der Waals surface area contributed by atoms with Crippen LogP contribution < -0.4 is 5.32 Å². The molecule has 7 heteroatoms. The van der Waals surface area contributed by atoms with Gasteiger partial charge in [-0.3, -0.25) is 14.9 Å². The maximum absolute atomic E-state index is 12.0. The number of nitro groups is 1. The van der Waals surface area contributed by atoms with Crippen molar-refractivity contribution in [1.29, 1.82) is 0 Å². The number of amides is 1. The van der Waals surface area contributed by atoms with E-state index in [9.17, 15) is 14.9 Å². The van der Waals surface area contributed by atoms with Gasteiger partial charge in [0.2, 0.25) is 0 Å². The number of nitrogens with one attached hydrogen (secondary N) is 1. The molecule has 0 saturated carbocycles. The monoisotopic (exact) mass is 310 g/mol. The molecule has 5 nitrogen and oxygen atoms in total. The molecule has 0 radical (unpaired) electrons. The van der Waals surface area contributed by atoms with Crippen LogP contribution in [0.4, 0.5) is 11.4 Å². The van der Waals surface area contributed by atoms with E-state index in [2.05, 4.69) is 5.32 Å². The topological polar surface area (TPSA) is 72.2 Å². The Labute approximate surface area is 124 Å². The van der Waals surface area contributed by atoms with E-state index in [1.807, 2.05) is 0 Å². The minimum Gasteiger partial charge on any atom is -0.322 e. The van der Waals surface area contributed by atoms with Crippen LogP contribution >= 0.6 is 23.2 Å². The lowest BCUT2D eigenvalue weighted by Gasteiger charge is -2.06. The average Bonchev–Trinajstić information content (AvgIpc) is 2.38. The Bertz CT molecular complexity index is 689. The summed E-state index contributed by atoms with van der Waals surface area (Å²) in [4.78, 5) is 22.1. The number of hydrogen-bond acceptors (Lipinski definition) is 3. The Kier molecular flexibility index (Phi) is 4.22. The summed E-state index contributed by atoms with van der Waals surface area (Å²) in [6.07, 6.45) is 0. The van der Waals surface area contributed by atoms with Gasteiger partial charge in [0.15, 0.2) is 0 Å². The van der Waals surface area contributed by atoms with Gasteiger partial charge >= 0.3 is 0 Å². The lowest BCUT2D eigenvalue weighted by Crippen LogP contribution is -2.12. The van der Waals surface area contributed by atoms with Crippen molar-refractivity contribution in [2.45, 2.75) is 0 Å². The predicted octanol–water partition coefficient (Wildman–Crippen LogP) is 4.15. The van der Waals surface area contributed by atoms with Gasteiger partial charge in [0, 0.05) is 22.3 Å². The molecule has 0 aliphatic carbocycles. The van der Waals surface area contributed by atoms with E-state index in [1.165, 1.54) is 12.1 Å². The summed E-state index contributed by atoms with van der Waals surface area (Å²) in [5.74, 6) is -0.480. The molecule has 0 aliphatic heterocycles. The molecule has 0 unspecified atom stereocenters. The molecule has 20 heavy (non-hydrogen) atoms. The van der Waals surface area contributed by atoms with Crippen molar-refractivity contribution in [2.75, 3.05) is 5.32 Å². The van der Waals surface area contributed by atoms with E-state index in [4.69, 9.17) is 23.2 Å². The standard InChI is InChI=1S/C13H8Cl2N2O3/c14-9-2-1-3-10(7-9)16-13(18)8-4-5-11(15)12(6-8)17(19)20/h1-7H,(H,16,18). The van der Waals surface area contributed by atoms with E-state index >= 15 is 0 Å².